The van der Waals surface area contributed by atoms with Crippen LogP contribution in [0.3, 0.4) is 0 Å². The number of carbonyl (C=O) groups excluding carboxylic acids is 1. The van der Waals surface area contributed by atoms with Crippen molar-refractivity contribution in [3.8, 4) is 0 Å². The fourth-order valence-electron chi connectivity index (χ4n) is 1.34. The first-order chi connectivity index (χ1) is 7.20. The molecule has 0 saturated carbocycles. The van der Waals surface area contributed by atoms with Crippen molar-refractivity contribution in [3.05, 3.63) is 12.7 Å². The van der Waals surface area contributed by atoms with Crippen molar-refractivity contribution >= 4 is 5.97 Å². The number of esters is 1. The molecule has 0 heterocycles. The van der Waals surface area contributed by atoms with E-state index in [2.05, 4.69) is 18.2 Å². The first kappa shape index (κ1) is 14.2. The molecule has 15 heavy (non-hydrogen) atoms. The van der Waals surface area contributed by atoms with Crippen LogP contribution in [-0.4, -0.2) is 17.4 Å². The zero-order valence-electron chi connectivity index (χ0n) is 9.58. The first-order valence-electron chi connectivity index (χ1n) is 5.71. The minimum absolute atomic E-state index is 0.520. The number of aliphatic hydroxyl groups excluding tert-OH is 1. The summed E-state index contributed by atoms with van der Waals surface area (Å²) in [5.74, 6) is -0.562. The number of unbranched alkanes of at least 4 members (excludes halogenated alkanes) is 5. The van der Waals surface area contributed by atoms with Gasteiger partial charge in [0.05, 0.1) is 0 Å². The number of aliphatic hydroxyl groups is 1. The maximum Gasteiger partial charge on any atom is 0.332 e. The van der Waals surface area contributed by atoms with E-state index < -0.39 is 12.3 Å². The summed E-state index contributed by atoms with van der Waals surface area (Å²) in [7, 11) is 0. The molecule has 0 aromatic carbocycles. The van der Waals surface area contributed by atoms with E-state index in [1.165, 1.54) is 25.7 Å². The van der Waals surface area contributed by atoms with Crippen LogP contribution >= 0.6 is 0 Å². The molecule has 0 aromatic rings. The molecule has 1 N–H and O–H groups in total. The molecule has 0 spiro atoms. The van der Waals surface area contributed by atoms with Crippen LogP contribution in [-0.2, 0) is 9.53 Å². The molecule has 0 aromatic heterocycles. The molecule has 0 saturated heterocycles. The number of ether oxygens (including phenoxy) is 1. The third-order valence-corrected chi connectivity index (χ3v) is 2.22. The average molecular weight is 214 g/mol. The summed E-state index contributed by atoms with van der Waals surface area (Å²) in [6.07, 6.45) is 7.54. The van der Waals surface area contributed by atoms with Crippen molar-refractivity contribution in [2.45, 2.75) is 58.2 Å². The van der Waals surface area contributed by atoms with Crippen LogP contribution in [0.1, 0.15) is 51.9 Å². The van der Waals surface area contributed by atoms with E-state index in [1.807, 2.05) is 0 Å². The quantitative estimate of drug-likeness (QED) is 0.278. The lowest BCUT2D eigenvalue weighted by atomic mass is 10.1. The molecule has 0 bridgehead atoms. The highest BCUT2D eigenvalue weighted by atomic mass is 16.6. The summed E-state index contributed by atoms with van der Waals surface area (Å²) >= 11 is 0. The lowest BCUT2D eigenvalue weighted by Gasteiger charge is -2.09. The Labute approximate surface area is 92.1 Å². The van der Waals surface area contributed by atoms with Gasteiger partial charge < -0.3 is 9.84 Å². The summed E-state index contributed by atoms with van der Waals surface area (Å²) in [5, 5.41) is 9.26. The van der Waals surface area contributed by atoms with Gasteiger partial charge in [-0.25, -0.2) is 4.79 Å². The molecule has 3 nitrogen and oxygen atoms in total. The van der Waals surface area contributed by atoms with E-state index in [-0.39, 0.29) is 0 Å². The van der Waals surface area contributed by atoms with Crippen LogP contribution in [0, 0.1) is 0 Å². The predicted octanol–water partition coefficient (Wildman–Crippen LogP) is 2.78. The van der Waals surface area contributed by atoms with Gasteiger partial charge in [-0.1, -0.05) is 45.6 Å². The molecule has 0 radical (unpaired) electrons. The Morgan fingerprint density at radius 3 is 2.53 bits per heavy atom. The van der Waals surface area contributed by atoms with E-state index in [0.29, 0.717) is 6.42 Å². The first-order valence-corrected chi connectivity index (χ1v) is 5.71. The monoisotopic (exact) mass is 214 g/mol. The Kier molecular flexibility index (Phi) is 9.18. The van der Waals surface area contributed by atoms with Crippen molar-refractivity contribution in [3.63, 3.8) is 0 Å². The smallest absolute Gasteiger partial charge is 0.332 e. The maximum atomic E-state index is 10.7. The van der Waals surface area contributed by atoms with E-state index in [0.717, 1.165) is 18.9 Å². The minimum Gasteiger partial charge on any atom is -0.433 e. The van der Waals surface area contributed by atoms with Crippen LogP contribution in [0.4, 0.5) is 0 Å². The van der Waals surface area contributed by atoms with Gasteiger partial charge in [0.1, 0.15) is 0 Å². The molecule has 0 rings (SSSR count). The topological polar surface area (TPSA) is 46.5 Å². The Bertz CT molecular complexity index is 178. The van der Waals surface area contributed by atoms with E-state index in [1.54, 1.807) is 0 Å². The fourth-order valence-corrected chi connectivity index (χ4v) is 1.34. The Hall–Kier alpha value is -0.830. The second-order valence-electron chi connectivity index (χ2n) is 3.65. The molecule has 0 aliphatic heterocycles. The van der Waals surface area contributed by atoms with Crippen LogP contribution in [0.2, 0.25) is 0 Å². The molecule has 1 atom stereocenters. The molecule has 3 heteroatoms. The summed E-state index contributed by atoms with van der Waals surface area (Å²) in [6.45, 7) is 5.44. The number of hydrogen-bond acceptors (Lipinski definition) is 3. The number of rotatable bonds is 9. The predicted molar refractivity (Wildman–Crippen MR) is 60.3 cm³/mol. The third kappa shape index (κ3) is 9.47. The molecule has 0 aliphatic rings. The van der Waals surface area contributed by atoms with Gasteiger partial charge in [0.15, 0.2) is 0 Å². The lowest BCUT2D eigenvalue weighted by Crippen LogP contribution is -2.15. The van der Waals surface area contributed by atoms with E-state index >= 15 is 0 Å². The highest BCUT2D eigenvalue weighted by molar-refractivity contribution is 5.81. The van der Waals surface area contributed by atoms with Gasteiger partial charge in [0.25, 0.3) is 0 Å². The van der Waals surface area contributed by atoms with Gasteiger partial charge in [-0.05, 0) is 6.42 Å². The van der Waals surface area contributed by atoms with Crippen LogP contribution in [0.15, 0.2) is 12.7 Å². The zero-order valence-corrected chi connectivity index (χ0v) is 9.58. The Morgan fingerprint density at radius 2 is 1.93 bits per heavy atom. The second-order valence-corrected chi connectivity index (χ2v) is 3.65. The average Bonchev–Trinajstić information content (AvgIpc) is 2.23. The van der Waals surface area contributed by atoms with Crippen LogP contribution < -0.4 is 0 Å². The van der Waals surface area contributed by atoms with Gasteiger partial charge in [-0.3, -0.25) is 0 Å². The molecular weight excluding hydrogens is 192 g/mol. The van der Waals surface area contributed by atoms with E-state index in [9.17, 15) is 9.90 Å². The van der Waals surface area contributed by atoms with Crippen LogP contribution in [0.25, 0.3) is 0 Å². The van der Waals surface area contributed by atoms with Gasteiger partial charge in [0, 0.05) is 12.5 Å². The molecular formula is C12H22O3. The van der Waals surface area contributed by atoms with Crippen molar-refractivity contribution < 1.29 is 14.6 Å². The number of hydrogen-bond donors (Lipinski definition) is 1. The van der Waals surface area contributed by atoms with Gasteiger partial charge in [-0.15, -0.1) is 0 Å². The van der Waals surface area contributed by atoms with Gasteiger partial charge >= 0.3 is 5.97 Å². The maximum absolute atomic E-state index is 10.7. The third-order valence-electron chi connectivity index (χ3n) is 2.22. The SMILES string of the molecule is C=CC(=O)OC(O)CCCCCCCC. The van der Waals surface area contributed by atoms with Crippen molar-refractivity contribution in [2.24, 2.45) is 0 Å². The van der Waals surface area contributed by atoms with Crippen LogP contribution in [0.5, 0.6) is 0 Å². The summed E-state index contributed by atoms with van der Waals surface area (Å²) in [6, 6.07) is 0. The second kappa shape index (κ2) is 9.71. The summed E-state index contributed by atoms with van der Waals surface area (Å²) < 4.78 is 4.63. The minimum atomic E-state index is -0.971. The Morgan fingerprint density at radius 1 is 1.33 bits per heavy atom. The number of carbonyl (C=O) groups is 1. The fraction of sp³-hybridized carbons (Fsp3) is 0.750. The highest BCUT2D eigenvalue weighted by Gasteiger charge is 2.06. The highest BCUT2D eigenvalue weighted by Crippen LogP contribution is 2.09. The standard InChI is InChI=1S/C12H22O3/c1-3-5-6-7-8-9-10-12(14)15-11(13)4-2/h4,12,14H,2-3,5-10H2,1H3. The van der Waals surface area contributed by atoms with E-state index in [4.69, 9.17) is 0 Å². The van der Waals surface area contributed by atoms with Gasteiger partial charge in [0.2, 0.25) is 6.29 Å². The molecule has 1 unspecified atom stereocenters. The molecule has 0 aliphatic carbocycles. The van der Waals surface area contributed by atoms with Crippen molar-refractivity contribution in [1.29, 1.82) is 0 Å². The van der Waals surface area contributed by atoms with Crippen molar-refractivity contribution in [2.75, 3.05) is 0 Å². The molecule has 0 fully saturated rings. The summed E-state index contributed by atoms with van der Waals surface area (Å²) in [4.78, 5) is 10.7. The molecule has 0 amide bonds. The van der Waals surface area contributed by atoms with Crippen molar-refractivity contribution in [1.82, 2.24) is 0 Å². The largest absolute Gasteiger partial charge is 0.433 e. The normalized spacial score (nSPS) is 12.1. The zero-order chi connectivity index (χ0) is 11.5. The lowest BCUT2D eigenvalue weighted by molar-refractivity contribution is -0.162. The molecule has 88 valence electrons. The van der Waals surface area contributed by atoms with Gasteiger partial charge in [-0.2, -0.15) is 0 Å². The summed E-state index contributed by atoms with van der Waals surface area (Å²) in [5.41, 5.74) is 0. The Balaban J connectivity index is 3.27.